The molecule has 0 saturated heterocycles. The van der Waals surface area contributed by atoms with Gasteiger partial charge in [0.25, 0.3) is 0 Å². The summed E-state index contributed by atoms with van der Waals surface area (Å²) in [4.78, 5) is 0. The number of hydrogen-bond acceptors (Lipinski definition) is 3. The topological polar surface area (TPSA) is 44.5 Å². The van der Waals surface area contributed by atoms with E-state index in [0.717, 1.165) is 22.6 Å². The van der Waals surface area contributed by atoms with E-state index in [9.17, 15) is 0 Å². The lowest BCUT2D eigenvalue weighted by Crippen LogP contribution is -2.02. The maximum Gasteiger partial charge on any atom is 0.125 e. The molecule has 106 valence electrons. The molecule has 2 aromatic carbocycles. The number of nitrogens with two attached hydrogens (primary N) is 1. The average Bonchev–Trinajstić information content (AvgIpc) is 2.43. The molecule has 0 unspecified atom stereocenters. The zero-order chi connectivity index (χ0) is 14.5. The Hall–Kier alpha value is -2.00. The third kappa shape index (κ3) is 3.52. The van der Waals surface area contributed by atoms with Crippen LogP contribution >= 0.6 is 0 Å². The Balaban J connectivity index is 2.17. The minimum absolute atomic E-state index is 0.472. The van der Waals surface area contributed by atoms with Gasteiger partial charge in [-0.2, -0.15) is 0 Å². The molecule has 0 amide bonds. The molecule has 2 aromatic rings. The van der Waals surface area contributed by atoms with Gasteiger partial charge in [0.2, 0.25) is 0 Å². The number of rotatable bonds is 5. The van der Waals surface area contributed by atoms with Crippen molar-refractivity contribution >= 4 is 0 Å². The Morgan fingerprint density at radius 3 is 2.30 bits per heavy atom. The van der Waals surface area contributed by atoms with Crippen molar-refractivity contribution in [2.45, 2.75) is 27.0 Å². The minimum atomic E-state index is 0.472. The zero-order valence-corrected chi connectivity index (χ0v) is 12.3. The third-order valence-electron chi connectivity index (χ3n) is 3.17. The highest BCUT2D eigenvalue weighted by Crippen LogP contribution is 2.23. The monoisotopic (exact) mass is 271 g/mol. The summed E-state index contributed by atoms with van der Waals surface area (Å²) in [6.45, 7) is 5.12. The van der Waals surface area contributed by atoms with Crippen molar-refractivity contribution < 1.29 is 9.47 Å². The van der Waals surface area contributed by atoms with E-state index in [-0.39, 0.29) is 0 Å². The Kier molecular flexibility index (Phi) is 4.64. The maximum atomic E-state index is 5.87. The molecule has 0 saturated carbocycles. The fourth-order valence-electron chi connectivity index (χ4n) is 2.25. The van der Waals surface area contributed by atoms with Crippen molar-refractivity contribution in [3.63, 3.8) is 0 Å². The summed E-state index contributed by atoms with van der Waals surface area (Å²) in [5.41, 5.74) is 10.2. The zero-order valence-electron chi connectivity index (χ0n) is 12.3. The van der Waals surface area contributed by atoms with Crippen molar-refractivity contribution in [2.75, 3.05) is 7.11 Å². The molecule has 0 aliphatic carbocycles. The Labute approximate surface area is 120 Å². The third-order valence-corrected chi connectivity index (χ3v) is 3.17. The average molecular weight is 271 g/mol. The van der Waals surface area contributed by atoms with Gasteiger partial charge in [-0.3, -0.25) is 0 Å². The molecule has 0 bridgehead atoms. The molecule has 0 radical (unpaired) electrons. The van der Waals surface area contributed by atoms with E-state index < -0.39 is 0 Å². The normalized spacial score (nSPS) is 10.4. The second-order valence-corrected chi connectivity index (χ2v) is 4.96. The number of methoxy groups -OCH3 is 1. The van der Waals surface area contributed by atoms with Crippen LogP contribution in [0.2, 0.25) is 0 Å². The minimum Gasteiger partial charge on any atom is -0.496 e. The molecule has 0 aliphatic heterocycles. The second kappa shape index (κ2) is 6.44. The van der Waals surface area contributed by atoms with Gasteiger partial charge >= 0.3 is 0 Å². The summed E-state index contributed by atoms with van der Waals surface area (Å²) >= 11 is 0. The first-order chi connectivity index (χ1) is 9.62. The van der Waals surface area contributed by atoms with Crippen molar-refractivity contribution in [3.05, 3.63) is 58.7 Å². The fourth-order valence-corrected chi connectivity index (χ4v) is 2.25. The van der Waals surface area contributed by atoms with Crippen LogP contribution in [0.4, 0.5) is 0 Å². The van der Waals surface area contributed by atoms with E-state index in [1.165, 1.54) is 11.1 Å². The first-order valence-electron chi connectivity index (χ1n) is 6.69. The summed E-state index contributed by atoms with van der Waals surface area (Å²) < 4.78 is 11.2. The Morgan fingerprint density at radius 1 is 1.00 bits per heavy atom. The van der Waals surface area contributed by atoms with Gasteiger partial charge in [0.15, 0.2) is 0 Å². The summed E-state index contributed by atoms with van der Waals surface area (Å²) in [7, 11) is 1.66. The Bertz CT molecular complexity index is 573. The van der Waals surface area contributed by atoms with Gasteiger partial charge in [0.05, 0.1) is 7.11 Å². The molecule has 0 spiro atoms. The molecule has 0 aromatic heterocycles. The molecule has 0 atom stereocenters. The lowest BCUT2D eigenvalue weighted by Gasteiger charge is -2.12. The van der Waals surface area contributed by atoms with Crippen molar-refractivity contribution in [1.82, 2.24) is 0 Å². The van der Waals surface area contributed by atoms with E-state index in [1.807, 2.05) is 30.3 Å². The molecule has 2 N–H and O–H groups in total. The second-order valence-electron chi connectivity index (χ2n) is 4.96. The first-order valence-corrected chi connectivity index (χ1v) is 6.69. The van der Waals surface area contributed by atoms with Crippen LogP contribution in [0.1, 0.15) is 22.3 Å². The van der Waals surface area contributed by atoms with Crippen LogP contribution < -0.4 is 15.2 Å². The molecule has 0 heterocycles. The highest BCUT2D eigenvalue weighted by atomic mass is 16.5. The lowest BCUT2D eigenvalue weighted by atomic mass is 10.1. The number of hydrogen-bond donors (Lipinski definition) is 1. The summed E-state index contributed by atoms with van der Waals surface area (Å²) in [5, 5.41) is 0. The van der Waals surface area contributed by atoms with E-state index in [2.05, 4.69) is 19.9 Å². The molecule has 20 heavy (non-hydrogen) atoms. The van der Waals surface area contributed by atoms with E-state index in [0.29, 0.717) is 13.2 Å². The number of benzene rings is 2. The van der Waals surface area contributed by atoms with Crippen LogP contribution in [0.25, 0.3) is 0 Å². The van der Waals surface area contributed by atoms with Crippen LogP contribution in [-0.4, -0.2) is 7.11 Å². The SMILES string of the molecule is COc1ccc(CN)cc1COc1cc(C)cc(C)c1. The van der Waals surface area contributed by atoms with Crippen LogP contribution in [0.15, 0.2) is 36.4 Å². The van der Waals surface area contributed by atoms with Crippen molar-refractivity contribution in [3.8, 4) is 11.5 Å². The van der Waals surface area contributed by atoms with Gasteiger partial charge in [-0.1, -0.05) is 12.1 Å². The van der Waals surface area contributed by atoms with Gasteiger partial charge in [-0.15, -0.1) is 0 Å². The predicted octanol–water partition coefficient (Wildman–Crippen LogP) is 3.35. The fraction of sp³-hybridized carbons (Fsp3) is 0.294. The van der Waals surface area contributed by atoms with Gasteiger partial charge in [-0.25, -0.2) is 0 Å². The molecule has 0 aliphatic rings. The predicted molar refractivity (Wildman–Crippen MR) is 81.1 cm³/mol. The van der Waals surface area contributed by atoms with Gasteiger partial charge in [0, 0.05) is 12.1 Å². The standard InChI is InChI=1S/C17H21NO2/c1-12-6-13(2)8-16(7-12)20-11-15-9-14(10-18)4-5-17(15)19-3/h4-9H,10-11,18H2,1-3H3. The van der Waals surface area contributed by atoms with Crippen LogP contribution in [-0.2, 0) is 13.2 Å². The molecule has 3 heteroatoms. The van der Waals surface area contributed by atoms with Gasteiger partial charge in [-0.05, 0) is 54.8 Å². The molecular formula is C17H21NO2. The smallest absolute Gasteiger partial charge is 0.125 e. The summed E-state index contributed by atoms with van der Waals surface area (Å²) in [5.74, 6) is 1.70. The molecule has 0 fully saturated rings. The van der Waals surface area contributed by atoms with Crippen LogP contribution in [0, 0.1) is 13.8 Å². The van der Waals surface area contributed by atoms with E-state index >= 15 is 0 Å². The van der Waals surface area contributed by atoms with E-state index in [4.69, 9.17) is 15.2 Å². The maximum absolute atomic E-state index is 5.87. The van der Waals surface area contributed by atoms with Crippen LogP contribution in [0.5, 0.6) is 11.5 Å². The Morgan fingerprint density at radius 2 is 1.70 bits per heavy atom. The van der Waals surface area contributed by atoms with Crippen molar-refractivity contribution in [1.29, 1.82) is 0 Å². The largest absolute Gasteiger partial charge is 0.496 e. The highest BCUT2D eigenvalue weighted by Gasteiger charge is 2.06. The molecule has 3 nitrogen and oxygen atoms in total. The quantitative estimate of drug-likeness (QED) is 0.907. The van der Waals surface area contributed by atoms with Gasteiger partial charge in [0.1, 0.15) is 18.1 Å². The number of ether oxygens (including phenoxy) is 2. The molecular weight excluding hydrogens is 250 g/mol. The summed E-state index contributed by atoms with van der Waals surface area (Å²) in [6.07, 6.45) is 0. The van der Waals surface area contributed by atoms with Crippen LogP contribution in [0.3, 0.4) is 0 Å². The number of aryl methyl sites for hydroxylation is 2. The van der Waals surface area contributed by atoms with E-state index in [1.54, 1.807) is 7.11 Å². The summed E-state index contributed by atoms with van der Waals surface area (Å²) in [6, 6.07) is 12.1. The van der Waals surface area contributed by atoms with Crippen molar-refractivity contribution in [2.24, 2.45) is 5.73 Å². The first kappa shape index (κ1) is 14.4. The highest BCUT2D eigenvalue weighted by molar-refractivity contribution is 5.38. The van der Waals surface area contributed by atoms with Gasteiger partial charge < -0.3 is 15.2 Å². The molecule has 2 rings (SSSR count). The lowest BCUT2D eigenvalue weighted by molar-refractivity contribution is 0.296.